The van der Waals surface area contributed by atoms with Crippen LogP contribution in [-0.2, 0) is 4.74 Å². The molecule has 0 aromatic heterocycles. The smallest absolute Gasteiger partial charge is 0.276 e. The van der Waals surface area contributed by atoms with E-state index in [1.807, 2.05) is 6.07 Å². The lowest BCUT2D eigenvalue weighted by atomic mass is 10.1. The molecule has 2 rings (SSSR count). The van der Waals surface area contributed by atoms with Crippen LogP contribution in [0.3, 0.4) is 0 Å². The molecule has 1 saturated heterocycles. The average Bonchev–Trinajstić information content (AvgIpc) is 2.78. The number of hydrogen-bond donors (Lipinski definition) is 3. The van der Waals surface area contributed by atoms with E-state index in [0.717, 1.165) is 11.3 Å². The van der Waals surface area contributed by atoms with Gasteiger partial charge in [0.25, 0.3) is 5.72 Å². The lowest BCUT2D eigenvalue weighted by Gasteiger charge is -2.36. The Balaban J connectivity index is 2.44. The Morgan fingerprint density at radius 1 is 1.75 bits per heavy atom. The third-order valence-electron chi connectivity index (χ3n) is 3.09. The first-order valence-corrected chi connectivity index (χ1v) is 5.96. The summed E-state index contributed by atoms with van der Waals surface area (Å²) in [5, 5.41) is 33.9. The van der Waals surface area contributed by atoms with Crippen molar-refractivity contribution in [1.29, 1.82) is 5.26 Å². The van der Waals surface area contributed by atoms with Gasteiger partial charge in [0.1, 0.15) is 24.2 Å². The third kappa shape index (κ3) is 2.08. The normalized spacial score (nSPS) is 35.0. The van der Waals surface area contributed by atoms with Gasteiger partial charge in [-0.25, -0.2) is 10.0 Å². The van der Waals surface area contributed by atoms with Crippen LogP contribution in [0.2, 0.25) is 0 Å². The number of nitrogens with two attached hydrogens (primary N) is 1. The SMILES string of the molecule is C=C/C=C1/C(N)=NC=NN1[C@]1(C#N)O[C@H](CO)C[C@H]1O. The Labute approximate surface area is 115 Å². The molecule has 1 fully saturated rings. The predicted octanol–water partition coefficient (Wildman–Crippen LogP) is -0.966. The Kier molecular flexibility index (Phi) is 3.85. The van der Waals surface area contributed by atoms with E-state index in [1.54, 1.807) is 0 Å². The Hall–Kier alpha value is -2.21. The molecule has 2 aliphatic rings. The maximum atomic E-state index is 10.2. The molecule has 8 heteroatoms. The highest BCUT2D eigenvalue weighted by atomic mass is 16.6. The van der Waals surface area contributed by atoms with E-state index >= 15 is 0 Å². The maximum absolute atomic E-state index is 10.2. The summed E-state index contributed by atoms with van der Waals surface area (Å²) in [4.78, 5) is 3.83. The molecule has 0 saturated carbocycles. The largest absolute Gasteiger partial charge is 0.394 e. The van der Waals surface area contributed by atoms with E-state index in [0.29, 0.717) is 5.70 Å². The van der Waals surface area contributed by atoms with E-state index in [1.165, 1.54) is 12.2 Å². The molecule has 0 aromatic rings. The first-order valence-electron chi connectivity index (χ1n) is 5.96. The van der Waals surface area contributed by atoms with Crippen molar-refractivity contribution >= 4 is 12.2 Å². The zero-order valence-corrected chi connectivity index (χ0v) is 10.7. The van der Waals surface area contributed by atoms with Crippen molar-refractivity contribution in [2.24, 2.45) is 15.8 Å². The quantitative estimate of drug-likeness (QED) is 0.609. The summed E-state index contributed by atoms with van der Waals surface area (Å²) in [6.45, 7) is 3.25. The highest BCUT2D eigenvalue weighted by Gasteiger charge is 2.55. The van der Waals surface area contributed by atoms with Crippen LogP contribution >= 0.6 is 0 Å². The van der Waals surface area contributed by atoms with E-state index in [9.17, 15) is 10.4 Å². The number of aliphatic hydroxyl groups excluding tert-OH is 2. The summed E-state index contributed by atoms with van der Waals surface area (Å²) in [5.41, 5.74) is 4.30. The molecule has 2 heterocycles. The van der Waals surface area contributed by atoms with Crippen LogP contribution < -0.4 is 5.73 Å². The molecular weight excluding hydrogens is 262 g/mol. The number of allylic oxidation sites excluding steroid dienone is 2. The summed E-state index contributed by atoms with van der Waals surface area (Å²) in [5.74, 6) is 0.123. The van der Waals surface area contributed by atoms with Gasteiger partial charge < -0.3 is 20.7 Å². The third-order valence-corrected chi connectivity index (χ3v) is 3.09. The van der Waals surface area contributed by atoms with Gasteiger partial charge in [0.15, 0.2) is 5.84 Å². The van der Waals surface area contributed by atoms with E-state index in [-0.39, 0.29) is 18.9 Å². The summed E-state index contributed by atoms with van der Waals surface area (Å²) in [6, 6.07) is 1.91. The van der Waals surface area contributed by atoms with Gasteiger partial charge >= 0.3 is 0 Å². The standard InChI is InChI=1S/C12H15N5O3/c1-2-3-9-11(14)15-7-16-17(9)12(6-13)10(19)4-8(5-18)20-12/h2-3,7-8,10,18-19H,1,4-5H2,(H2,14,15,16)/b9-3-/t8-,10+,12+/m0/s1. The van der Waals surface area contributed by atoms with Crippen molar-refractivity contribution in [3.8, 4) is 6.07 Å². The minimum absolute atomic E-state index is 0.120. The molecular formula is C12H15N5O3. The van der Waals surface area contributed by atoms with Gasteiger partial charge in [0.05, 0.1) is 12.7 Å². The molecule has 0 unspecified atom stereocenters. The molecule has 4 N–H and O–H groups in total. The molecule has 0 spiro atoms. The second kappa shape index (κ2) is 5.42. The summed E-state index contributed by atoms with van der Waals surface area (Å²) in [6.07, 6.45) is 2.45. The monoisotopic (exact) mass is 277 g/mol. The zero-order chi connectivity index (χ0) is 14.8. The van der Waals surface area contributed by atoms with Crippen LogP contribution in [0.25, 0.3) is 0 Å². The molecule has 0 aliphatic carbocycles. The van der Waals surface area contributed by atoms with Crippen molar-refractivity contribution in [3.63, 3.8) is 0 Å². The Bertz CT molecular complexity index is 536. The van der Waals surface area contributed by atoms with Gasteiger partial charge in [-0.1, -0.05) is 12.7 Å². The first kappa shape index (κ1) is 14.2. The summed E-state index contributed by atoms with van der Waals surface area (Å²) < 4.78 is 5.49. The van der Waals surface area contributed by atoms with Gasteiger partial charge in [0.2, 0.25) is 0 Å². The van der Waals surface area contributed by atoms with Crippen molar-refractivity contribution in [3.05, 3.63) is 24.4 Å². The summed E-state index contributed by atoms with van der Waals surface area (Å²) in [7, 11) is 0. The molecule has 0 bridgehead atoms. The van der Waals surface area contributed by atoms with E-state index < -0.39 is 17.9 Å². The molecule has 8 nitrogen and oxygen atoms in total. The van der Waals surface area contributed by atoms with Crippen LogP contribution in [0.5, 0.6) is 0 Å². The number of rotatable bonds is 3. The average molecular weight is 277 g/mol. The van der Waals surface area contributed by atoms with Gasteiger partial charge in [0, 0.05) is 6.42 Å². The number of aliphatic hydroxyl groups is 2. The van der Waals surface area contributed by atoms with Crippen LogP contribution in [-0.4, -0.2) is 51.9 Å². The van der Waals surface area contributed by atoms with Gasteiger partial charge in [-0.05, 0) is 6.08 Å². The fourth-order valence-corrected chi connectivity index (χ4v) is 2.15. The number of hydrogen-bond acceptors (Lipinski definition) is 8. The van der Waals surface area contributed by atoms with Gasteiger partial charge in [-0.3, -0.25) is 0 Å². The van der Waals surface area contributed by atoms with Crippen molar-refractivity contribution < 1.29 is 14.9 Å². The van der Waals surface area contributed by atoms with Crippen LogP contribution in [0.15, 0.2) is 34.5 Å². The zero-order valence-electron chi connectivity index (χ0n) is 10.7. The predicted molar refractivity (Wildman–Crippen MR) is 71.2 cm³/mol. The molecule has 20 heavy (non-hydrogen) atoms. The number of ether oxygens (including phenoxy) is 1. The second-order valence-corrected chi connectivity index (χ2v) is 4.33. The number of nitriles is 1. The number of aliphatic imine (C=N–C) groups is 1. The molecule has 106 valence electrons. The molecule has 2 aliphatic heterocycles. The highest BCUT2D eigenvalue weighted by Crippen LogP contribution is 2.36. The topological polar surface area (TPSA) is 127 Å². The second-order valence-electron chi connectivity index (χ2n) is 4.33. The first-order chi connectivity index (χ1) is 9.58. The number of nitrogens with zero attached hydrogens (tertiary/aromatic N) is 4. The van der Waals surface area contributed by atoms with Crippen LogP contribution in [0.4, 0.5) is 0 Å². The maximum Gasteiger partial charge on any atom is 0.276 e. The number of hydrazone groups is 1. The van der Waals surface area contributed by atoms with Gasteiger partial charge in [-0.2, -0.15) is 10.4 Å². The minimum atomic E-state index is -1.75. The van der Waals surface area contributed by atoms with Crippen molar-refractivity contribution in [2.45, 2.75) is 24.4 Å². The van der Waals surface area contributed by atoms with Gasteiger partial charge in [-0.15, -0.1) is 0 Å². The Morgan fingerprint density at radius 2 is 2.50 bits per heavy atom. The van der Waals surface area contributed by atoms with Crippen LogP contribution in [0.1, 0.15) is 6.42 Å². The Morgan fingerprint density at radius 3 is 3.05 bits per heavy atom. The number of amidine groups is 1. The van der Waals surface area contributed by atoms with E-state index in [4.69, 9.17) is 15.6 Å². The molecule has 0 radical (unpaired) electrons. The fraction of sp³-hybridized carbons (Fsp3) is 0.417. The molecule has 0 aromatic carbocycles. The minimum Gasteiger partial charge on any atom is -0.394 e. The lowest BCUT2D eigenvalue weighted by molar-refractivity contribution is -0.135. The lowest BCUT2D eigenvalue weighted by Crippen LogP contribution is -2.54. The molecule has 0 amide bonds. The highest BCUT2D eigenvalue weighted by molar-refractivity contribution is 6.02. The summed E-state index contributed by atoms with van der Waals surface area (Å²) >= 11 is 0. The molecule has 3 atom stereocenters. The fourth-order valence-electron chi connectivity index (χ4n) is 2.15. The van der Waals surface area contributed by atoms with Crippen molar-refractivity contribution in [1.82, 2.24) is 5.01 Å². The van der Waals surface area contributed by atoms with E-state index in [2.05, 4.69) is 16.7 Å². The van der Waals surface area contributed by atoms with Crippen molar-refractivity contribution in [2.75, 3.05) is 6.61 Å². The van der Waals surface area contributed by atoms with Crippen LogP contribution in [0, 0.1) is 11.3 Å².